The predicted molar refractivity (Wildman–Crippen MR) is 154 cm³/mol. The summed E-state index contributed by atoms with van der Waals surface area (Å²) in [5.74, 6) is 0.232. The smallest absolute Gasteiger partial charge is 0.296 e. The summed E-state index contributed by atoms with van der Waals surface area (Å²) in [4.78, 5) is 30.7. The van der Waals surface area contributed by atoms with Crippen molar-refractivity contribution >= 4 is 28.7 Å². The maximum Gasteiger partial charge on any atom is 0.296 e. The Morgan fingerprint density at radius 3 is 2.48 bits per heavy atom. The molecule has 2 aromatic carbocycles. The van der Waals surface area contributed by atoms with Crippen molar-refractivity contribution in [3.05, 3.63) is 72.1 Å². The van der Waals surface area contributed by atoms with Gasteiger partial charge >= 0.3 is 0 Å². The summed E-state index contributed by atoms with van der Waals surface area (Å²) >= 11 is 0. The lowest BCUT2D eigenvalue weighted by Gasteiger charge is -2.40. The SMILES string of the molecule is C[C@H](Nc1nc(N2CCOCC2)cc(-n2c(C(F)F)nc3ccccc32)n1)C(=O)N1CCCC(O)(c2ccccc2)C1. The second-order valence-electron chi connectivity index (χ2n) is 10.7. The quantitative estimate of drug-likeness (QED) is 0.341. The van der Waals surface area contributed by atoms with Crippen LogP contribution in [0.3, 0.4) is 0 Å². The monoisotopic (exact) mass is 577 g/mol. The number of nitrogens with zero attached hydrogens (tertiary/aromatic N) is 6. The van der Waals surface area contributed by atoms with Crippen LogP contribution in [0.15, 0.2) is 60.7 Å². The first-order valence-electron chi connectivity index (χ1n) is 14.1. The van der Waals surface area contributed by atoms with E-state index in [1.54, 1.807) is 42.2 Å². The Morgan fingerprint density at radius 2 is 1.71 bits per heavy atom. The van der Waals surface area contributed by atoms with E-state index in [0.29, 0.717) is 62.5 Å². The number of rotatable bonds is 7. The van der Waals surface area contributed by atoms with E-state index >= 15 is 0 Å². The van der Waals surface area contributed by atoms with Crippen molar-refractivity contribution in [2.45, 2.75) is 37.8 Å². The third kappa shape index (κ3) is 5.51. The molecule has 4 aromatic rings. The number of fused-ring (bicyclic) bond motifs is 1. The van der Waals surface area contributed by atoms with Crippen LogP contribution in [0.1, 0.15) is 37.6 Å². The molecule has 2 atom stereocenters. The number of carbonyl (C=O) groups is 1. The van der Waals surface area contributed by atoms with Gasteiger partial charge in [-0.2, -0.15) is 9.97 Å². The number of imidazole rings is 1. The number of likely N-dealkylation sites (tertiary alicyclic amines) is 1. The summed E-state index contributed by atoms with van der Waals surface area (Å²) < 4.78 is 35.2. The van der Waals surface area contributed by atoms with Crippen molar-refractivity contribution in [3.63, 3.8) is 0 Å². The van der Waals surface area contributed by atoms with Gasteiger partial charge in [0.05, 0.1) is 30.8 Å². The number of hydrogen-bond donors (Lipinski definition) is 2. The summed E-state index contributed by atoms with van der Waals surface area (Å²) in [6.45, 7) is 4.55. The number of halogens is 2. The Labute approximate surface area is 242 Å². The van der Waals surface area contributed by atoms with Gasteiger partial charge in [-0.25, -0.2) is 13.8 Å². The number of piperidine rings is 1. The highest BCUT2D eigenvalue weighted by atomic mass is 19.3. The molecule has 2 aromatic heterocycles. The molecule has 2 aliphatic rings. The highest BCUT2D eigenvalue weighted by Crippen LogP contribution is 2.32. The van der Waals surface area contributed by atoms with Crippen molar-refractivity contribution in [3.8, 4) is 5.82 Å². The Hall–Kier alpha value is -4.16. The molecular formula is C30H33F2N7O3. The molecule has 12 heteroatoms. The Kier molecular flexibility index (Phi) is 7.74. The number of ether oxygens (including phenoxy) is 1. The molecule has 2 N–H and O–H groups in total. The highest BCUT2D eigenvalue weighted by Gasteiger charge is 2.38. The molecule has 10 nitrogen and oxygen atoms in total. The second-order valence-corrected chi connectivity index (χ2v) is 10.7. The first-order valence-corrected chi connectivity index (χ1v) is 14.1. The lowest BCUT2D eigenvalue weighted by molar-refractivity contribution is -0.139. The summed E-state index contributed by atoms with van der Waals surface area (Å²) in [5, 5.41) is 14.5. The molecule has 0 aliphatic carbocycles. The lowest BCUT2D eigenvalue weighted by Crippen LogP contribution is -2.52. The van der Waals surface area contributed by atoms with Gasteiger partial charge < -0.3 is 25.0 Å². The third-order valence-corrected chi connectivity index (χ3v) is 7.85. The van der Waals surface area contributed by atoms with Gasteiger partial charge in [-0.3, -0.25) is 9.36 Å². The first kappa shape index (κ1) is 28.0. The molecule has 1 amide bonds. The van der Waals surface area contributed by atoms with Crippen molar-refractivity contribution in [1.82, 2.24) is 24.4 Å². The van der Waals surface area contributed by atoms with Crippen LogP contribution in [0.4, 0.5) is 20.5 Å². The van der Waals surface area contributed by atoms with Gasteiger partial charge in [-0.15, -0.1) is 0 Å². The highest BCUT2D eigenvalue weighted by molar-refractivity contribution is 5.84. The standard InChI is InChI=1S/C30H33F2N7O3/c1-20(28(40)38-13-7-12-30(41,19-38)21-8-3-2-4-9-21)33-29-35-24(37-14-16-42-17-15-37)18-25(36-29)39-23-11-6-5-10-22(23)34-27(39)26(31)32/h2-6,8-11,18,20,26,41H,7,12-17,19H2,1H3,(H,33,35,36)/t20-,30?/m0/s1. The number of benzene rings is 2. The van der Waals surface area contributed by atoms with Crippen LogP contribution >= 0.6 is 0 Å². The van der Waals surface area contributed by atoms with Gasteiger partial charge in [0.15, 0.2) is 5.82 Å². The van der Waals surface area contributed by atoms with Crippen LogP contribution in [-0.4, -0.2) is 80.9 Å². The van der Waals surface area contributed by atoms with Crippen molar-refractivity contribution < 1.29 is 23.4 Å². The lowest BCUT2D eigenvalue weighted by atomic mass is 9.85. The molecule has 42 heavy (non-hydrogen) atoms. The van der Waals surface area contributed by atoms with E-state index in [1.165, 1.54) is 4.57 Å². The number of amides is 1. The van der Waals surface area contributed by atoms with Gasteiger partial charge in [0.2, 0.25) is 11.9 Å². The largest absolute Gasteiger partial charge is 0.383 e. The number of hydrogen-bond acceptors (Lipinski definition) is 8. The predicted octanol–water partition coefficient (Wildman–Crippen LogP) is 3.90. The number of anilines is 2. The molecule has 2 fully saturated rings. The number of alkyl halides is 2. The number of carbonyl (C=O) groups excluding carboxylic acids is 1. The average molecular weight is 578 g/mol. The van der Waals surface area contributed by atoms with E-state index in [0.717, 1.165) is 5.56 Å². The average Bonchev–Trinajstić information content (AvgIpc) is 3.42. The Morgan fingerprint density at radius 1 is 1.00 bits per heavy atom. The number of nitrogens with one attached hydrogen (secondary N) is 1. The van der Waals surface area contributed by atoms with Gasteiger partial charge in [-0.1, -0.05) is 42.5 Å². The van der Waals surface area contributed by atoms with Crippen LogP contribution in [0.25, 0.3) is 16.9 Å². The Balaban J connectivity index is 1.32. The number of β-amino-alcohol motifs (C(OH)–C–C–N with tert-alkyl or cyclic N) is 1. The summed E-state index contributed by atoms with van der Waals surface area (Å²) in [7, 11) is 0. The van der Waals surface area contributed by atoms with E-state index in [2.05, 4.69) is 20.3 Å². The van der Waals surface area contributed by atoms with Gasteiger partial charge in [-0.05, 0) is 37.5 Å². The zero-order valence-corrected chi connectivity index (χ0v) is 23.3. The fraction of sp³-hybridized carbons (Fsp3) is 0.400. The number of para-hydroxylation sites is 2. The molecule has 0 saturated carbocycles. The normalized spacial score (nSPS) is 20.2. The maximum atomic E-state index is 14.2. The molecule has 2 aliphatic heterocycles. The molecule has 0 spiro atoms. The molecule has 0 radical (unpaired) electrons. The summed E-state index contributed by atoms with van der Waals surface area (Å²) in [6.07, 6.45) is -1.62. The van der Waals surface area contributed by atoms with Crippen LogP contribution in [0.2, 0.25) is 0 Å². The fourth-order valence-corrected chi connectivity index (χ4v) is 5.72. The van der Waals surface area contributed by atoms with Gasteiger partial charge in [0.25, 0.3) is 6.43 Å². The van der Waals surface area contributed by atoms with Crippen LogP contribution < -0.4 is 10.2 Å². The van der Waals surface area contributed by atoms with Crippen LogP contribution in [0, 0.1) is 0 Å². The number of aliphatic hydroxyl groups is 1. The third-order valence-electron chi connectivity index (χ3n) is 7.85. The van der Waals surface area contributed by atoms with E-state index in [1.807, 2.05) is 35.2 Å². The van der Waals surface area contributed by atoms with Crippen LogP contribution in [-0.2, 0) is 15.1 Å². The molecule has 0 bridgehead atoms. The second kappa shape index (κ2) is 11.6. The molecule has 2 saturated heterocycles. The molecule has 220 valence electrons. The van der Waals surface area contributed by atoms with Gasteiger partial charge in [0, 0.05) is 25.7 Å². The zero-order chi connectivity index (χ0) is 29.3. The van der Waals surface area contributed by atoms with Crippen LogP contribution in [0.5, 0.6) is 0 Å². The van der Waals surface area contributed by atoms with Crippen molar-refractivity contribution in [1.29, 1.82) is 0 Å². The van der Waals surface area contributed by atoms with E-state index in [4.69, 9.17) is 4.74 Å². The minimum atomic E-state index is -2.83. The van der Waals surface area contributed by atoms with Crippen molar-refractivity contribution in [2.24, 2.45) is 0 Å². The number of aromatic nitrogens is 4. The molecule has 6 rings (SSSR count). The molecule has 1 unspecified atom stereocenters. The fourth-order valence-electron chi connectivity index (χ4n) is 5.72. The maximum absolute atomic E-state index is 14.2. The Bertz CT molecular complexity index is 1560. The van der Waals surface area contributed by atoms with Crippen molar-refractivity contribution in [2.75, 3.05) is 49.6 Å². The van der Waals surface area contributed by atoms with E-state index in [9.17, 15) is 18.7 Å². The molecular weight excluding hydrogens is 544 g/mol. The minimum Gasteiger partial charge on any atom is -0.383 e. The van der Waals surface area contributed by atoms with Gasteiger partial charge in [0.1, 0.15) is 23.3 Å². The van der Waals surface area contributed by atoms with E-state index in [-0.39, 0.29) is 24.2 Å². The summed E-state index contributed by atoms with van der Waals surface area (Å²) in [5.41, 5.74) is 0.552. The summed E-state index contributed by atoms with van der Waals surface area (Å²) in [6, 6.07) is 17.2. The minimum absolute atomic E-state index is 0.128. The van der Waals surface area contributed by atoms with E-state index < -0.39 is 23.9 Å². The molecule has 4 heterocycles. The zero-order valence-electron chi connectivity index (χ0n) is 23.3. The topological polar surface area (TPSA) is 109 Å². The first-order chi connectivity index (χ1) is 20.3. The number of morpholine rings is 1.